The van der Waals surface area contributed by atoms with Gasteiger partial charge in [0.15, 0.2) is 0 Å². The van der Waals surface area contributed by atoms with Gasteiger partial charge in [-0.1, -0.05) is 45.0 Å². The van der Waals surface area contributed by atoms with Crippen molar-refractivity contribution in [2.45, 2.75) is 95.5 Å². The first-order valence-electron chi connectivity index (χ1n) is 12.4. The molecule has 3 saturated carbocycles. The van der Waals surface area contributed by atoms with Gasteiger partial charge in [0.2, 0.25) is 5.91 Å². The van der Waals surface area contributed by atoms with Gasteiger partial charge in [0.05, 0.1) is 24.6 Å². The third-order valence-corrected chi connectivity index (χ3v) is 8.20. The van der Waals surface area contributed by atoms with Gasteiger partial charge >= 0.3 is 5.97 Å². The average Bonchev–Trinajstić information content (AvgIpc) is 3.22. The molecular weight excluding hydrogens is 433 g/mol. The van der Waals surface area contributed by atoms with Crippen molar-refractivity contribution in [3.8, 4) is 6.07 Å². The van der Waals surface area contributed by atoms with E-state index in [1.54, 1.807) is 0 Å². The lowest BCUT2D eigenvalue weighted by Crippen LogP contribution is -2.58. The Labute approximate surface area is 201 Å². The minimum Gasteiger partial charge on any atom is -0.460 e. The zero-order valence-electron chi connectivity index (χ0n) is 20.5. The number of esters is 1. The van der Waals surface area contributed by atoms with E-state index in [0.29, 0.717) is 0 Å². The van der Waals surface area contributed by atoms with E-state index in [-0.39, 0.29) is 48.9 Å². The fourth-order valence-electron chi connectivity index (χ4n) is 5.71. The van der Waals surface area contributed by atoms with E-state index in [4.69, 9.17) is 4.74 Å². The third-order valence-electron chi connectivity index (χ3n) is 8.20. The quantitative estimate of drug-likeness (QED) is 0.633. The fourth-order valence-corrected chi connectivity index (χ4v) is 5.71. The van der Waals surface area contributed by atoms with Gasteiger partial charge in [-0.2, -0.15) is 5.26 Å². The summed E-state index contributed by atoms with van der Waals surface area (Å²) in [5, 5.41) is 12.6. The predicted molar refractivity (Wildman–Crippen MR) is 126 cm³/mol. The lowest BCUT2D eigenvalue weighted by atomic mass is 9.57. The van der Waals surface area contributed by atoms with Crippen molar-refractivity contribution in [1.82, 2.24) is 10.2 Å². The third kappa shape index (κ3) is 4.98. The maximum absolute atomic E-state index is 13.7. The summed E-state index contributed by atoms with van der Waals surface area (Å²) in [5.74, 6) is -0.333. The number of hydrogen-bond donors (Lipinski definition) is 1. The second-order valence-corrected chi connectivity index (χ2v) is 11.5. The highest BCUT2D eigenvalue weighted by molar-refractivity contribution is 5.80. The Morgan fingerprint density at radius 1 is 1.15 bits per heavy atom. The Hall–Kier alpha value is -2.46. The summed E-state index contributed by atoms with van der Waals surface area (Å²) >= 11 is 0. The molecule has 1 aliphatic heterocycles. The Morgan fingerprint density at radius 3 is 2.32 bits per heavy atom. The maximum atomic E-state index is 13.7. The molecule has 0 spiro atoms. The van der Waals surface area contributed by atoms with Crippen molar-refractivity contribution < 1.29 is 18.7 Å². The molecule has 4 aliphatic rings. The highest BCUT2D eigenvalue weighted by Gasteiger charge is 2.53. The van der Waals surface area contributed by atoms with Crippen LogP contribution in [0.2, 0.25) is 0 Å². The summed E-state index contributed by atoms with van der Waals surface area (Å²) in [7, 11) is 0. The molecule has 5 rings (SSSR count). The summed E-state index contributed by atoms with van der Waals surface area (Å²) in [5.41, 5.74) is 1.73. The molecule has 7 heteroatoms. The van der Waals surface area contributed by atoms with Gasteiger partial charge in [-0.3, -0.25) is 9.59 Å². The van der Waals surface area contributed by atoms with Crippen molar-refractivity contribution in [3.05, 3.63) is 35.4 Å². The summed E-state index contributed by atoms with van der Waals surface area (Å²) in [6, 6.07) is 9.61. The molecule has 3 aliphatic carbocycles. The van der Waals surface area contributed by atoms with Gasteiger partial charge in [-0.25, -0.2) is 4.39 Å². The Kier molecular flexibility index (Phi) is 6.74. The number of alkyl halides is 1. The maximum Gasteiger partial charge on any atom is 0.312 e. The molecule has 1 aromatic carbocycles. The van der Waals surface area contributed by atoms with Crippen LogP contribution in [-0.2, 0) is 26.3 Å². The van der Waals surface area contributed by atoms with Crippen LogP contribution in [0.1, 0.15) is 76.8 Å². The molecule has 1 heterocycles. The first-order valence-corrected chi connectivity index (χ1v) is 12.4. The van der Waals surface area contributed by atoms with Crippen LogP contribution in [0.25, 0.3) is 0 Å². The number of likely N-dealkylation sites (tertiary alicyclic amines) is 1. The number of halogens is 1. The zero-order valence-corrected chi connectivity index (χ0v) is 20.5. The largest absolute Gasteiger partial charge is 0.460 e. The van der Waals surface area contributed by atoms with E-state index >= 15 is 0 Å². The molecule has 2 bridgehead atoms. The van der Waals surface area contributed by atoms with Gasteiger partial charge < -0.3 is 15.0 Å². The topological polar surface area (TPSA) is 82.4 Å². The molecule has 1 aromatic rings. The molecular formula is C27H36FN3O3. The molecule has 2 atom stereocenters. The second kappa shape index (κ2) is 9.30. The molecule has 34 heavy (non-hydrogen) atoms. The number of ether oxygens (including phenoxy) is 1. The molecule has 4 fully saturated rings. The van der Waals surface area contributed by atoms with Crippen molar-refractivity contribution >= 4 is 11.9 Å². The molecule has 184 valence electrons. The van der Waals surface area contributed by atoms with E-state index in [2.05, 4.69) is 38.2 Å². The molecule has 0 radical (unpaired) electrons. The number of nitriles is 1. The lowest BCUT2D eigenvalue weighted by Gasteiger charge is -2.52. The van der Waals surface area contributed by atoms with Crippen molar-refractivity contribution in [1.29, 1.82) is 5.26 Å². The number of fused-ring (bicyclic) bond motifs is 3. The van der Waals surface area contributed by atoms with Gasteiger partial charge in [0, 0.05) is 12.0 Å². The first kappa shape index (κ1) is 24.7. The number of amides is 1. The summed E-state index contributed by atoms with van der Waals surface area (Å²) in [6.07, 6.45) is 3.63. The molecule has 6 nitrogen and oxygen atoms in total. The number of nitrogens with one attached hydrogen (secondary N) is 1. The summed E-state index contributed by atoms with van der Waals surface area (Å²) in [6.45, 7) is 6.91. The minimum absolute atomic E-state index is 0.000373. The Morgan fingerprint density at radius 2 is 1.76 bits per heavy atom. The molecule has 1 unspecified atom stereocenters. The van der Waals surface area contributed by atoms with Crippen molar-refractivity contribution in [2.24, 2.45) is 5.41 Å². The van der Waals surface area contributed by atoms with E-state index in [0.717, 1.165) is 44.1 Å². The van der Waals surface area contributed by atoms with E-state index in [9.17, 15) is 19.2 Å². The fraction of sp³-hybridized carbons (Fsp3) is 0.667. The van der Waals surface area contributed by atoms with Crippen LogP contribution in [-0.4, -0.2) is 47.6 Å². The monoisotopic (exact) mass is 469 g/mol. The molecule has 1 amide bonds. The van der Waals surface area contributed by atoms with Gasteiger partial charge in [0.25, 0.3) is 0 Å². The van der Waals surface area contributed by atoms with E-state index < -0.39 is 17.6 Å². The minimum atomic E-state index is -1.13. The summed E-state index contributed by atoms with van der Waals surface area (Å²) in [4.78, 5) is 27.0. The van der Waals surface area contributed by atoms with E-state index in [1.165, 1.54) is 10.5 Å². The van der Waals surface area contributed by atoms with E-state index in [1.807, 2.05) is 18.2 Å². The number of nitrogens with zero attached hydrogens (tertiary/aromatic N) is 2. The van der Waals surface area contributed by atoms with Gasteiger partial charge in [-0.15, -0.1) is 0 Å². The van der Waals surface area contributed by atoms with Crippen LogP contribution < -0.4 is 5.32 Å². The van der Waals surface area contributed by atoms with Crippen LogP contribution in [0.3, 0.4) is 0 Å². The first-order chi connectivity index (χ1) is 16.1. The zero-order chi connectivity index (χ0) is 24.6. The van der Waals surface area contributed by atoms with Gasteiger partial charge in [0.1, 0.15) is 18.8 Å². The number of carbonyl (C=O) groups excluding carboxylic acids is 2. The number of benzene rings is 1. The average molecular weight is 470 g/mol. The van der Waals surface area contributed by atoms with Crippen LogP contribution in [0, 0.1) is 16.7 Å². The molecule has 0 aromatic heterocycles. The number of hydrogen-bond acceptors (Lipinski definition) is 5. The van der Waals surface area contributed by atoms with Crippen LogP contribution in [0.15, 0.2) is 24.3 Å². The second-order valence-electron chi connectivity index (χ2n) is 11.5. The summed E-state index contributed by atoms with van der Waals surface area (Å²) < 4.78 is 19.4. The predicted octanol–water partition coefficient (Wildman–Crippen LogP) is 4.17. The number of rotatable bonds is 6. The Bertz CT molecular complexity index is 938. The number of carbonyl (C=O) groups is 2. The highest BCUT2D eigenvalue weighted by atomic mass is 19.1. The standard InChI is InChI=1S/C27H36FN3O3/c1-25(2,3)20-6-4-19(5-7-20)18-34-24(33)26-8-11-27(12-9-26,13-10-26)30-16-23(32)31-17-21(28)14-22(31)15-29/h4-7,21-22,30H,8-14,16-18H2,1-3H3/t21-,22?,26?,27?/m0/s1. The van der Waals surface area contributed by atoms with Crippen molar-refractivity contribution in [3.63, 3.8) is 0 Å². The smallest absolute Gasteiger partial charge is 0.312 e. The SMILES string of the molecule is CC(C)(C)c1ccc(COC(=O)C23CCC(NCC(=O)N4C[C@@H](F)CC4C#N)(CC2)CC3)cc1. The van der Waals surface area contributed by atoms with Crippen LogP contribution in [0.4, 0.5) is 4.39 Å². The van der Waals surface area contributed by atoms with Gasteiger partial charge in [-0.05, 0) is 55.1 Å². The molecule has 1 N–H and O–H groups in total. The van der Waals surface area contributed by atoms with Crippen molar-refractivity contribution in [2.75, 3.05) is 13.1 Å². The van der Waals surface area contributed by atoms with Crippen LogP contribution in [0.5, 0.6) is 0 Å². The Balaban J connectivity index is 1.27. The van der Waals surface area contributed by atoms with Crippen LogP contribution >= 0.6 is 0 Å². The molecule has 1 saturated heterocycles. The normalized spacial score (nSPS) is 30.7. The lowest BCUT2D eigenvalue weighted by molar-refractivity contribution is -0.165. The highest BCUT2D eigenvalue weighted by Crippen LogP contribution is 2.53.